The molecule has 0 radical (unpaired) electrons. The Labute approximate surface area is 230 Å². The van der Waals surface area contributed by atoms with E-state index in [2.05, 4.69) is 72.4 Å². The van der Waals surface area contributed by atoms with Crippen LogP contribution in [-0.2, 0) is 16.0 Å². The van der Waals surface area contributed by atoms with E-state index in [0.717, 1.165) is 48.0 Å². The van der Waals surface area contributed by atoms with Crippen molar-refractivity contribution >= 4 is 57.2 Å². The van der Waals surface area contributed by atoms with Crippen molar-refractivity contribution in [2.75, 3.05) is 49.3 Å². The molecule has 0 unspecified atom stereocenters. The maximum absolute atomic E-state index is 6.13. The molecule has 204 valence electrons. The molecule has 0 bridgehead atoms. The number of imidazole rings is 2. The van der Waals surface area contributed by atoms with Gasteiger partial charge in [0, 0.05) is 19.6 Å². The zero-order valence-corrected chi connectivity index (χ0v) is 23.4. The standard InChI is InChI=1S/C14H20ClN5O.C10H12ClN5O/c1-9(2)6-19-8-16-11-12(19)17-14(15)18-13(11)20-4-5-21-7-10(20)3;1-6-4-17-3-2-16(6)9-7-8(13-5-12-7)14-10(11)15-9/h8-10H,4-7H2,1-3H3;5-6H,2-4H2,1H3,(H,12,13,14,15)/t10-;6-/m00/s1. The van der Waals surface area contributed by atoms with Gasteiger partial charge in [-0.2, -0.15) is 19.9 Å². The van der Waals surface area contributed by atoms with E-state index in [0.29, 0.717) is 38.0 Å². The van der Waals surface area contributed by atoms with Gasteiger partial charge in [0.05, 0.1) is 51.2 Å². The summed E-state index contributed by atoms with van der Waals surface area (Å²) >= 11 is 12.0. The molecule has 0 aliphatic carbocycles. The first-order chi connectivity index (χ1) is 18.3. The highest BCUT2D eigenvalue weighted by Crippen LogP contribution is 2.28. The lowest BCUT2D eigenvalue weighted by atomic mass is 10.2. The molecule has 0 aromatic carbocycles. The number of aromatic amines is 1. The second-order valence-corrected chi connectivity index (χ2v) is 10.6. The fourth-order valence-corrected chi connectivity index (χ4v) is 5.03. The number of nitrogens with one attached hydrogen (secondary N) is 1. The summed E-state index contributed by atoms with van der Waals surface area (Å²) in [7, 11) is 0. The molecule has 2 aliphatic rings. The molecule has 4 aromatic rings. The zero-order valence-electron chi connectivity index (χ0n) is 21.9. The minimum Gasteiger partial charge on any atom is -0.377 e. The van der Waals surface area contributed by atoms with E-state index in [1.807, 2.05) is 10.9 Å². The van der Waals surface area contributed by atoms with Crippen molar-refractivity contribution in [2.24, 2.45) is 5.92 Å². The second-order valence-electron chi connectivity index (χ2n) is 9.93. The minimum absolute atomic E-state index is 0.221. The molecule has 38 heavy (non-hydrogen) atoms. The molecule has 1 N–H and O–H groups in total. The van der Waals surface area contributed by atoms with Gasteiger partial charge in [0.25, 0.3) is 0 Å². The maximum atomic E-state index is 6.13. The van der Waals surface area contributed by atoms with Crippen LogP contribution >= 0.6 is 23.2 Å². The summed E-state index contributed by atoms with van der Waals surface area (Å²) in [4.78, 5) is 33.2. The number of H-pyrrole nitrogens is 1. The van der Waals surface area contributed by atoms with Crippen LogP contribution in [0, 0.1) is 5.92 Å². The third-order valence-electron chi connectivity index (χ3n) is 6.50. The highest BCUT2D eigenvalue weighted by molar-refractivity contribution is 6.29. The molecule has 2 aliphatic heterocycles. The average molecular weight is 563 g/mol. The number of nitrogens with zero attached hydrogens (tertiary/aromatic N) is 9. The van der Waals surface area contributed by atoms with Crippen molar-refractivity contribution in [1.29, 1.82) is 0 Å². The molecule has 2 atom stereocenters. The van der Waals surface area contributed by atoms with E-state index < -0.39 is 0 Å². The molecular formula is C24H32Cl2N10O2. The number of halogens is 2. The zero-order chi connectivity index (χ0) is 26.8. The van der Waals surface area contributed by atoms with Crippen LogP contribution in [-0.4, -0.2) is 91.1 Å². The summed E-state index contributed by atoms with van der Waals surface area (Å²) in [6.45, 7) is 13.8. The lowest BCUT2D eigenvalue weighted by Gasteiger charge is -2.34. The van der Waals surface area contributed by atoms with Gasteiger partial charge in [-0.15, -0.1) is 0 Å². The summed E-state index contributed by atoms with van der Waals surface area (Å²) in [5.74, 6) is 2.12. The number of hydrogen-bond acceptors (Lipinski definition) is 10. The van der Waals surface area contributed by atoms with E-state index in [1.165, 1.54) is 0 Å². The van der Waals surface area contributed by atoms with Gasteiger partial charge < -0.3 is 28.8 Å². The van der Waals surface area contributed by atoms with Crippen molar-refractivity contribution in [3.63, 3.8) is 0 Å². The maximum Gasteiger partial charge on any atom is 0.226 e. The molecule has 6 heterocycles. The Kier molecular flexibility index (Phi) is 8.12. The Morgan fingerprint density at radius 1 is 0.921 bits per heavy atom. The first kappa shape index (κ1) is 26.8. The van der Waals surface area contributed by atoms with Crippen molar-refractivity contribution < 1.29 is 9.47 Å². The predicted octanol–water partition coefficient (Wildman–Crippen LogP) is 3.59. The molecule has 2 fully saturated rings. The van der Waals surface area contributed by atoms with Crippen LogP contribution in [0.3, 0.4) is 0 Å². The number of fused-ring (bicyclic) bond motifs is 2. The van der Waals surface area contributed by atoms with Gasteiger partial charge in [-0.05, 0) is 43.0 Å². The Morgan fingerprint density at radius 3 is 2.21 bits per heavy atom. The Balaban J connectivity index is 0.000000158. The average Bonchev–Trinajstić information content (AvgIpc) is 3.51. The van der Waals surface area contributed by atoms with Crippen molar-refractivity contribution in [3.8, 4) is 0 Å². The van der Waals surface area contributed by atoms with Gasteiger partial charge in [0.15, 0.2) is 28.4 Å². The Bertz CT molecular complexity index is 1390. The van der Waals surface area contributed by atoms with Gasteiger partial charge in [-0.3, -0.25) is 0 Å². The Morgan fingerprint density at radius 2 is 1.55 bits per heavy atom. The fraction of sp³-hybridized carbons (Fsp3) is 0.583. The van der Waals surface area contributed by atoms with E-state index in [4.69, 9.17) is 32.7 Å². The molecule has 12 nitrogen and oxygen atoms in total. The quantitative estimate of drug-likeness (QED) is 0.369. The van der Waals surface area contributed by atoms with Crippen LogP contribution in [0.5, 0.6) is 0 Å². The Hall–Kier alpha value is -2.80. The van der Waals surface area contributed by atoms with E-state index in [-0.39, 0.29) is 22.7 Å². The summed E-state index contributed by atoms with van der Waals surface area (Å²) in [6.07, 6.45) is 3.43. The number of rotatable bonds is 4. The molecule has 0 spiro atoms. The first-order valence-corrected chi connectivity index (χ1v) is 13.5. The third-order valence-corrected chi connectivity index (χ3v) is 6.84. The topological polar surface area (TPSA) is 123 Å². The summed E-state index contributed by atoms with van der Waals surface area (Å²) in [5.41, 5.74) is 3.04. The van der Waals surface area contributed by atoms with Gasteiger partial charge in [0.2, 0.25) is 10.6 Å². The van der Waals surface area contributed by atoms with Crippen LogP contribution in [0.2, 0.25) is 10.6 Å². The van der Waals surface area contributed by atoms with Gasteiger partial charge in [-0.1, -0.05) is 13.8 Å². The third kappa shape index (κ3) is 5.63. The monoisotopic (exact) mass is 562 g/mol. The van der Waals surface area contributed by atoms with Gasteiger partial charge in [-0.25, -0.2) is 9.97 Å². The summed E-state index contributed by atoms with van der Waals surface area (Å²) < 4.78 is 12.9. The van der Waals surface area contributed by atoms with Crippen LogP contribution in [0.25, 0.3) is 22.3 Å². The second kappa shape index (κ2) is 11.5. The largest absolute Gasteiger partial charge is 0.377 e. The van der Waals surface area contributed by atoms with E-state index in [9.17, 15) is 0 Å². The van der Waals surface area contributed by atoms with Gasteiger partial charge >= 0.3 is 0 Å². The van der Waals surface area contributed by atoms with Crippen LogP contribution in [0.15, 0.2) is 12.7 Å². The lowest BCUT2D eigenvalue weighted by molar-refractivity contribution is 0.0986. The minimum atomic E-state index is 0.221. The molecule has 14 heteroatoms. The van der Waals surface area contributed by atoms with Gasteiger partial charge in [0.1, 0.15) is 5.52 Å². The SMILES string of the molecule is CC(C)Cn1cnc2c(N3CCOC[C@@H]3C)nc(Cl)nc21.C[C@H]1COCCN1c1nc(Cl)nc2nc[nH]c12. The number of ether oxygens (including phenoxy) is 2. The normalized spacial score (nSPS) is 20.3. The number of anilines is 2. The van der Waals surface area contributed by atoms with Crippen LogP contribution < -0.4 is 9.80 Å². The fourth-order valence-electron chi connectivity index (χ4n) is 4.71. The molecule has 4 aromatic heterocycles. The van der Waals surface area contributed by atoms with Crippen molar-refractivity contribution in [2.45, 2.75) is 46.3 Å². The number of aromatic nitrogens is 8. The lowest BCUT2D eigenvalue weighted by Crippen LogP contribution is -2.44. The van der Waals surface area contributed by atoms with Crippen LogP contribution in [0.1, 0.15) is 27.7 Å². The summed E-state index contributed by atoms with van der Waals surface area (Å²) in [5, 5.41) is 0.486. The molecule has 2 saturated heterocycles. The van der Waals surface area contributed by atoms with Crippen LogP contribution in [0.4, 0.5) is 11.6 Å². The first-order valence-electron chi connectivity index (χ1n) is 12.8. The molecule has 0 saturated carbocycles. The molecule has 6 rings (SSSR count). The molecule has 0 amide bonds. The predicted molar refractivity (Wildman–Crippen MR) is 147 cm³/mol. The van der Waals surface area contributed by atoms with E-state index >= 15 is 0 Å². The highest BCUT2D eigenvalue weighted by atomic mass is 35.5. The molecular weight excluding hydrogens is 531 g/mol. The van der Waals surface area contributed by atoms with Crippen molar-refractivity contribution in [3.05, 3.63) is 23.2 Å². The number of morpholine rings is 2. The number of hydrogen-bond donors (Lipinski definition) is 1. The van der Waals surface area contributed by atoms with E-state index in [1.54, 1.807) is 6.33 Å². The summed E-state index contributed by atoms with van der Waals surface area (Å²) in [6, 6.07) is 0.518. The highest BCUT2D eigenvalue weighted by Gasteiger charge is 2.25. The smallest absolute Gasteiger partial charge is 0.226 e. The van der Waals surface area contributed by atoms with Crippen molar-refractivity contribution in [1.82, 2.24) is 39.5 Å².